The van der Waals surface area contributed by atoms with Crippen molar-refractivity contribution in [3.8, 4) is 0 Å². The van der Waals surface area contributed by atoms with E-state index in [-0.39, 0.29) is 12.5 Å². The van der Waals surface area contributed by atoms with Gasteiger partial charge in [-0.05, 0) is 17.7 Å². The van der Waals surface area contributed by atoms with Crippen LogP contribution in [0.2, 0.25) is 5.02 Å². The summed E-state index contributed by atoms with van der Waals surface area (Å²) in [6.45, 7) is 0.620. The first-order chi connectivity index (χ1) is 8.24. The van der Waals surface area contributed by atoms with E-state index in [0.717, 1.165) is 5.56 Å². The van der Waals surface area contributed by atoms with E-state index in [1.807, 2.05) is 18.2 Å². The Morgan fingerprint density at radius 1 is 1.47 bits per heavy atom. The normalized spacial score (nSPS) is 10.2. The van der Waals surface area contributed by atoms with E-state index in [9.17, 15) is 4.79 Å². The van der Waals surface area contributed by atoms with E-state index in [1.165, 1.54) is 17.3 Å². The van der Waals surface area contributed by atoms with Crippen molar-refractivity contribution in [1.29, 1.82) is 0 Å². The van der Waals surface area contributed by atoms with Gasteiger partial charge in [0.1, 0.15) is 19.2 Å². The highest BCUT2D eigenvalue weighted by Crippen LogP contribution is 2.10. The molecule has 1 heterocycles. The molecule has 1 aromatic heterocycles. The molecular formula is C11H11ClN4O. The molecule has 2 aromatic rings. The van der Waals surface area contributed by atoms with Crippen molar-refractivity contribution in [2.24, 2.45) is 0 Å². The number of hydrogen-bond donors (Lipinski definition) is 1. The van der Waals surface area contributed by atoms with Crippen LogP contribution in [0.3, 0.4) is 0 Å². The van der Waals surface area contributed by atoms with Crippen LogP contribution < -0.4 is 5.32 Å². The van der Waals surface area contributed by atoms with E-state index in [1.54, 1.807) is 6.07 Å². The molecule has 0 aliphatic heterocycles. The van der Waals surface area contributed by atoms with Gasteiger partial charge in [-0.3, -0.25) is 4.79 Å². The van der Waals surface area contributed by atoms with Crippen LogP contribution in [-0.4, -0.2) is 20.7 Å². The van der Waals surface area contributed by atoms with Gasteiger partial charge in [0.05, 0.1) is 0 Å². The van der Waals surface area contributed by atoms with Crippen molar-refractivity contribution in [1.82, 2.24) is 20.1 Å². The third kappa shape index (κ3) is 3.57. The largest absolute Gasteiger partial charge is 0.350 e. The maximum Gasteiger partial charge on any atom is 0.242 e. The molecule has 6 heteroatoms. The van der Waals surface area contributed by atoms with Crippen molar-refractivity contribution in [3.05, 3.63) is 47.5 Å². The van der Waals surface area contributed by atoms with Gasteiger partial charge in [0.25, 0.3) is 0 Å². The van der Waals surface area contributed by atoms with Gasteiger partial charge in [-0.1, -0.05) is 23.7 Å². The van der Waals surface area contributed by atoms with E-state index in [0.29, 0.717) is 11.6 Å². The minimum absolute atomic E-state index is 0.115. The number of nitrogens with zero attached hydrogens (tertiary/aromatic N) is 3. The maximum atomic E-state index is 11.5. The second-order valence-electron chi connectivity index (χ2n) is 3.50. The highest BCUT2D eigenvalue weighted by Gasteiger charge is 2.03. The fraction of sp³-hybridized carbons (Fsp3) is 0.182. The van der Waals surface area contributed by atoms with Crippen molar-refractivity contribution in [2.75, 3.05) is 0 Å². The van der Waals surface area contributed by atoms with Crippen molar-refractivity contribution in [2.45, 2.75) is 13.1 Å². The Hall–Kier alpha value is -1.88. The fourth-order valence-electron chi connectivity index (χ4n) is 1.36. The molecule has 0 aliphatic rings. The van der Waals surface area contributed by atoms with E-state index in [4.69, 9.17) is 11.6 Å². The molecule has 0 aliphatic carbocycles. The fourth-order valence-corrected chi connectivity index (χ4v) is 1.58. The van der Waals surface area contributed by atoms with Crippen LogP contribution in [0.15, 0.2) is 36.9 Å². The van der Waals surface area contributed by atoms with E-state index >= 15 is 0 Å². The lowest BCUT2D eigenvalue weighted by Crippen LogP contribution is -2.27. The first-order valence-electron chi connectivity index (χ1n) is 5.07. The number of aromatic nitrogens is 3. The van der Waals surface area contributed by atoms with Crippen LogP contribution in [0.25, 0.3) is 0 Å². The summed E-state index contributed by atoms with van der Waals surface area (Å²) in [4.78, 5) is 15.3. The average molecular weight is 251 g/mol. The molecule has 2 rings (SSSR count). The highest BCUT2D eigenvalue weighted by atomic mass is 35.5. The van der Waals surface area contributed by atoms with Gasteiger partial charge in [0.15, 0.2) is 0 Å². The second kappa shape index (κ2) is 5.45. The summed E-state index contributed by atoms with van der Waals surface area (Å²) < 4.78 is 1.47. The standard InChI is InChI=1S/C11H11ClN4O/c12-10-3-1-2-9(4-10)5-14-11(17)6-16-8-13-7-15-16/h1-4,7-8H,5-6H2,(H,14,17). The van der Waals surface area contributed by atoms with Crippen LogP contribution in [-0.2, 0) is 17.9 Å². The summed E-state index contributed by atoms with van der Waals surface area (Å²) in [5.41, 5.74) is 0.962. The molecule has 0 unspecified atom stereocenters. The van der Waals surface area contributed by atoms with Crippen LogP contribution >= 0.6 is 11.6 Å². The summed E-state index contributed by atoms with van der Waals surface area (Å²) in [6.07, 6.45) is 2.89. The zero-order chi connectivity index (χ0) is 12.1. The molecule has 1 amide bonds. The lowest BCUT2D eigenvalue weighted by atomic mass is 10.2. The molecular weight excluding hydrogens is 240 g/mol. The van der Waals surface area contributed by atoms with Gasteiger partial charge in [-0.2, -0.15) is 5.10 Å². The average Bonchev–Trinajstić information content (AvgIpc) is 2.79. The molecule has 0 bridgehead atoms. The van der Waals surface area contributed by atoms with Gasteiger partial charge >= 0.3 is 0 Å². The first kappa shape index (κ1) is 11.6. The Kier molecular flexibility index (Phi) is 3.72. The summed E-state index contributed by atoms with van der Waals surface area (Å²) in [5.74, 6) is -0.115. The summed E-state index contributed by atoms with van der Waals surface area (Å²) in [5, 5.41) is 7.29. The Labute approximate surface area is 103 Å². The van der Waals surface area contributed by atoms with Gasteiger partial charge in [0.2, 0.25) is 5.91 Å². The Morgan fingerprint density at radius 3 is 3.06 bits per heavy atom. The third-order valence-electron chi connectivity index (χ3n) is 2.15. The molecule has 0 fully saturated rings. The molecule has 1 aromatic carbocycles. The molecule has 88 valence electrons. The van der Waals surface area contributed by atoms with Crippen molar-refractivity contribution < 1.29 is 4.79 Å². The van der Waals surface area contributed by atoms with Crippen LogP contribution in [0.4, 0.5) is 0 Å². The predicted octanol–water partition coefficient (Wildman–Crippen LogP) is 1.25. The Morgan fingerprint density at radius 2 is 2.35 bits per heavy atom. The zero-order valence-electron chi connectivity index (χ0n) is 9.01. The summed E-state index contributed by atoms with van der Waals surface area (Å²) in [6, 6.07) is 7.36. The topological polar surface area (TPSA) is 59.8 Å². The van der Waals surface area contributed by atoms with Gasteiger partial charge < -0.3 is 5.32 Å². The van der Waals surface area contributed by atoms with Crippen molar-refractivity contribution >= 4 is 17.5 Å². The van der Waals surface area contributed by atoms with Crippen LogP contribution in [0.1, 0.15) is 5.56 Å². The SMILES string of the molecule is O=C(Cn1cncn1)NCc1cccc(Cl)c1. The number of halogens is 1. The predicted molar refractivity (Wildman–Crippen MR) is 63.3 cm³/mol. The van der Waals surface area contributed by atoms with E-state index in [2.05, 4.69) is 15.4 Å². The third-order valence-corrected chi connectivity index (χ3v) is 2.39. The first-order valence-corrected chi connectivity index (χ1v) is 5.45. The highest BCUT2D eigenvalue weighted by molar-refractivity contribution is 6.30. The minimum Gasteiger partial charge on any atom is -0.350 e. The molecule has 17 heavy (non-hydrogen) atoms. The smallest absolute Gasteiger partial charge is 0.242 e. The summed E-state index contributed by atoms with van der Waals surface area (Å²) >= 11 is 5.84. The number of rotatable bonds is 4. The zero-order valence-corrected chi connectivity index (χ0v) is 9.76. The lowest BCUT2D eigenvalue weighted by molar-refractivity contribution is -0.122. The molecule has 0 atom stereocenters. The summed E-state index contributed by atoms with van der Waals surface area (Å²) in [7, 11) is 0. The number of amides is 1. The molecule has 0 saturated heterocycles. The van der Waals surface area contributed by atoms with Crippen LogP contribution in [0.5, 0.6) is 0 Å². The van der Waals surface area contributed by atoms with Gasteiger partial charge in [0, 0.05) is 11.6 Å². The quantitative estimate of drug-likeness (QED) is 0.888. The number of hydrogen-bond acceptors (Lipinski definition) is 3. The number of carbonyl (C=O) groups is 1. The number of benzene rings is 1. The van der Waals surface area contributed by atoms with Gasteiger partial charge in [-0.25, -0.2) is 9.67 Å². The molecule has 0 saturated carbocycles. The van der Waals surface area contributed by atoms with Crippen molar-refractivity contribution in [3.63, 3.8) is 0 Å². The molecule has 0 radical (unpaired) electrons. The maximum absolute atomic E-state index is 11.5. The number of carbonyl (C=O) groups excluding carboxylic acids is 1. The number of nitrogens with one attached hydrogen (secondary N) is 1. The Balaban J connectivity index is 1.84. The van der Waals surface area contributed by atoms with Gasteiger partial charge in [-0.15, -0.1) is 0 Å². The van der Waals surface area contributed by atoms with Crippen LogP contribution in [0, 0.1) is 0 Å². The monoisotopic (exact) mass is 250 g/mol. The lowest BCUT2D eigenvalue weighted by Gasteiger charge is -2.05. The Bertz CT molecular complexity index is 498. The molecule has 5 nitrogen and oxygen atoms in total. The van der Waals surface area contributed by atoms with E-state index < -0.39 is 0 Å². The second-order valence-corrected chi connectivity index (χ2v) is 3.94. The molecule has 1 N–H and O–H groups in total. The minimum atomic E-state index is -0.115. The molecule has 0 spiro atoms.